The number of aromatic nitrogens is 1. The average molecular weight is 267 g/mol. The van der Waals surface area contributed by atoms with Gasteiger partial charge in [-0.25, -0.2) is 0 Å². The third kappa shape index (κ3) is 1.83. The van der Waals surface area contributed by atoms with Gasteiger partial charge in [0.1, 0.15) is 0 Å². The maximum absolute atomic E-state index is 4.45. The number of piperidine rings is 1. The van der Waals surface area contributed by atoms with E-state index in [2.05, 4.69) is 31.9 Å². The third-order valence-corrected chi connectivity index (χ3v) is 4.42. The molecule has 0 amide bonds. The van der Waals surface area contributed by atoms with Gasteiger partial charge in [0.25, 0.3) is 0 Å². The SMILES string of the molecule is Brc1cccnc1CC1CC2CCN1C2. The van der Waals surface area contributed by atoms with Crippen molar-refractivity contribution in [2.45, 2.75) is 25.3 Å². The normalized spacial score (nSPS) is 33.5. The molecule has 3 unspecified atom stereocenters. The van der Waals surface area contributed by atoms with Gasteiger partial charge >= 0.3 is 0 Å². The van der Waals surface area contributed by atoms with E-state index in [9.17, 15) is 0 Å². The van der Waals surface area contributed by atoms with Crippen LogP contribution in [0.5, 0.6) is 0 Å². The minimum atomic E-state index is 0.745. The van der Waals surface area contributed by atoms with Gasteiger partial charge in [0, 0.05) is 29.7 Å². The van der Waals surface area contributed by atoms with Crippen LogP contribution in [-0.4, -0.2) is 29.0 Å². The van der Waals surface area contributed by atoms with Crippen molar-refractivity contribution >= 4 is 15.9 Å². The first-order valence-corrected chi connectivity index (χ1v) is 6.45. The Labute approximate surface area is 98.8 Å². The van der Waals surface area contributed by atoms with Crippen molar-refractivity contribution in [1.82, 2.24) is 9.88 Å². The maximum atomic E-state index is 4.45. The minimum Gasteiger partial charge on any atom is -0.300 e. The van der Waals surface area contributed by atoms with E-state index in [1.807, 2.05) is 12.3 Å². The maximum Gasteiger partial charge on any atom is 0.0560 e. The summed E-state index contributed by atoms with van der Waals surface area (Å²) >= 11 is 3.58. The predicted octanol–water partition coefficient (Wildman–Crippen LogP) is 2.48. The third-order valence-electron chi connectivity index (χ3n) is 3.70. The molecular weight excluding hydrogens is 252 g/mol. The molecule has 0 spiro atoms. The summed E-state index contributed by atoms with van der Waals surface area (Å²) in [6.07, 6.45) is 5.80. The van der Waals surface area contributed by atoms with Gasteiger partial charge in [-0.15, -0.1) is 0 Å². The van der Waals surface area contributed by atoms with E-state index in [-0.39, 0.29) is 0 Å². The predicted molar refractivity (Wildman–Crippen MR) is 63.7 cm³/mol. The summed E-state index contributed by atoms with van der Waals surface area (Å²) in [5, 5.41) is 0. The van der Waals surface area contributed by atoms with E-state index >= 15 is 0 Å². The van der Waals surface area contributed by atoms with Gasteiger partial charge in [-0.3, -0.25) is 9.88 Å². The molecule has 0 aromatic carbocycles. The van der Waals surface area contributed by atoms with Crippen LogP contribution in [0.25, 0.3) is 0 Å². The van der Waals surface area contributed by atoms with Crippen molar-refractivity contribution in [2.24, 2.45) is 5.92 Å². The quantitative estimate of drug-likeness (QED) is 0.818. The lowest BCUT2D eigenvalue weighted by atomic mass is 9.97. The first-order chi connectivity index (χ1) is 7.33. The molecule has 2 bridgehead atoms. The first kappa shape index (κ1) is 9.79. The summed E-state index contributed by atoms with van der Waals surface area (Å²) in [6, 6.07) is 4.81. The zero-order valence-corrected chi connectivity index (χ0v) is 10.3. The molecule has 1 aromatic rings. The highest BCUT2D eigenvalue weighted by Gasteiger charge is 2.37. The van der Waals surface area contributed by atoms with Crippen LogP contribution in [0.1, 0.15) is 18.5 Å². The topological polar surface area (TPSA) is 16.1 Å². The summed E-state index contributed by atoms with van der Waals surface area (Å²) in [4.78, 5) is 7.08. The smallest absolute Gasteiger partial charge is 0.0560 e. The fraction of sp³-hybridized carbons (Fsp3) is 0.583. The number of fused-ring (bicyclic) bond motifs is 2. The zero-order chi connectivity index (χ0) is 10.3. The Morgan fingerprint density at radius 3 is 3.13 bits per heavy atom. The van der Waals surface area contributed by atoms with Gasteiger partial charge in [0.2, 0.25) is 0 Å². The molecule has 1 aromatic heterocycles. The van der Waals surface area contributed by atoms with E-state index < -0.39 is 0 Å². The summed E-state index contributed by atoms with van der Waals surface area (Å²) in [6.45, 7) is 2.63. The van der Waals surface area contributed by atoms with Gasteiger partial charge in [0.15, 0.2) is 0 Å². The van der Waals surface area contributed by atoms with Gasteiger partial charge in [-0.1, -0.05) is 0 Å². The Kier molecular flexibility index (Phi) is 2.53. The average Bonchev–Trinajstić information content (AvgIpc) is 2.83. The highest BCUT2D eigenvalue weighted by Crippen LogP contribution is 2.34. The largest absolute Gasteiger partial charge is 0.300 e. The van der Waals surface area contributed by atoms with Crippen LogP contribution >= 0.6 is 15.9 Å². The summed E-state index contributed by atoms with van der Waals surface area (Å²) in [5.41, 5.74) is 1.22. The molecule has 80 valence electrons. The molecule has 0 aliphatic carbocycles. The Bertz CT molecular complexity index is 366. The Balaban J connectivity index is 1.73. The Hall–Kier alpha value is -0.410. The number of halogens is 1. The minimum absolute atomic E-state index is 0.745. The fourth-order valence-electron chi connectivity index (χ4n) is 2.92. The molecule has 2 aliphatic rings. The van der Waals surface area contributed by atoms with Crippen LogP contribution in [0.2, 0.25) is 0 Å². The fourth-order valence-corrected chi connectivity index (χ4v) is 3.34. The second kappa shape index (κ2) is 3.87. The number of nitrogens with zero attached hydrogens (tertiary/aromatic N) is 2. The number of hydrogen-bond donors (Lipinski definition) is 0. The van der Waals surface area contributed by atoms with Crippen molar-refractivity contribution < 1.29 is 0 Å². The van der Waals surface area contributed by atoms with Gasteiger partial charge in [-0.05, 0) is 53.4 Å². The molecule has 0 radical (unpaired) electrons. The lowest BCUT2D eigenvalue weighted by molar-refractivity contribution is 0.258. The molecule has 3 rings (SSSR count). The van der Waals surface area contributed by atoms with Gasteiger partial charge in [-0.2, -0.15) is 0 Å². The van der Waals surface area contributed by atoms with E-state index in [1.165, 1.54) is 31.6 Å². The van der Waals surface area contributed by atoms with Crippen LogP contribution in [0.15, 0.2) is 22.8 Å². The highest BCUT2D eigenvalue weighted by atomic mass is 79.9. The summed E-state index contributed by atoms with van der Waals surface area (Å²) < 4.78 is 1.16. The lowest BCUT2D eigenvalue weighted by Crippen LogP contribution is -2.31. The van der Waals surface area contributed by atoms with E-state index in [1.54, 1.807) is 0 Å². The monoisotopic (exact) mass is 266 g/mol. The molecular formula is C12H15BrN2. The van der Waals surface area contributed by atoms with Crippen molar-refractivity contribution in [1.29, 1.82) is 0 Å². The number of pyridine rings is 1. The Morgan fingerprint density at radius 2 is 2.47 bits per heavy atom. The molecule has 2 saturated heterocycles. The molecule has 0 N–H and O–H groups in total. The molecule has 2 aliphatic heterocycles. The summed E-state index contributed by atoms with van der Waals surface area (Å²) in [7, 11) is 0. The van der Waals surface area contributed by atoms with Crippen molar-refractivity contribution in [3.05, 3.63) is 28.5 Å². The van der Waals surface area contributed by atoms with Crippen molar-refractivity contribution in [3.63, 3.8) is 0 Å². The van der Waals surface area contributed by atoms with Gasteiger partial charge < -0.3 is 0 Å². The standard InChI is InChI=1S/C12H15BrN2/c13-11-2-1-4-14-12(11)7-10-6-9-3-5-15(10)8-9/h1-2,4,9-10H,3,5-8H2. The highest BCUT2D eigenvalue weighted by molar-refractivity contribution is 9.10. The second-order valence-corrected chi connectivity index (χ2v) is 5.53. The molecule has 3 atom stereocenters. The molecule has 3 heterocycles. The zero-order valence-electron chi connectivity index (χ0n) is 8.69. The van der Waals surface area contributed by atoms with E-state index in [0.29, 0.717) is 0 Å². The second-order valence-electron chi connectivity index (χ2n) is 4.68. The Morgan fingerprint density at radius 1 is 1.53 bits per heavy atom. The lowest BCUT2D eigenvalue weighted by Gasteiger charge is -2.24. The van der Waals surface area contributed by atoms with Gasteiger partial charge in [0.05, 0.1) is 5.69 Å². The van der Waals surface area contributed by atoms with Crippen LogP contribution in [0.4, 0.5) is 0 Å². The molecule has 3 heteroatoms. The van der Waals surface area contributed by atoms with Crippen LogP contribution in [0.3, 0.4) is 0 Å². The van der Waals surface area contributed by atoms with Crippen LogP contribution < -0.4 is 0 Å². The summed E-state index contributed by atoms with van der Waals surface area (Å²) in [5.74, 6) is 0.970. The van der Waals surface area contributed by atoms with Crippen molar-refractivity contribution in [2.75, 3.05) is 13.1 Å². The van der Waals surface area contributed by atoms with Crippen LogP contribution in [-0.2, 0) is 6.42 Å². The number of hydrogen-bond acceptors (Lipinski definition) is 2. The van der Waals surface area contributed by atoms with Crippen LogP contribution in [0, 0.1) is 5.92 Å². The van der Waals surface area contributed by atoms with E-state index in [0.717, 1.165) is 22.9 Å². The van der Waals surface area contributed by atoms with E-state index in [4.69, 9.17) is 0 Å². The first-order valence-electron chi connectivity index (χ1n) is 5.66. The molecule has 0 saturated carbocycles. The molecule has 2 fully saturated rings. The molecule has 15 heavy (non-hydrogen) atoms. The van der Waals surface area contributed by atoms with Crippen molar-refractivity contribution in [3.8, 4) is 0 Å². The number of rotatable bonds is 2. The molecule has 2 nitrogen and oxygen atoms in total.